The topological polar surface area (TPSA) is 82.9 Å². The van der Waals surface area contributed by atoms with Gasteiger partial charge in [0.15, 0.2) is 0 Å². The molecule has 3 rings (SSSR count). The van der Waals surface area contributed by atoms with Crippen molar-refractivity contribution in [2.24, 2.45) is 5.73 Å². The second-order valence-corrected chi connectivity index (χ2v) is 4.01. The molecule has 0 fully saturated rings. The van der Waals surface area contributed by atoms with Gasteiger partial charge in [0, 0.05) is 16.3 Å². The number of hydrogen-bond acceptors (Lipinski definition) is 2. The van der Waals surface area contributed by atoms with Gasteiger partial charge in [-0.15, -0.1) is 0 Å². The SMILES string of the molecule is NC(=O)NNc1cccc2c1[nH]c1ccccc12. The first-order valence-corrected chi connectivity index (χ1v) is 5.56. The van der Waals surface area contributed by atoms with Gasteiger partial charge in [-0.05, 0) is 12.1 Å². The summed E-state index contributed by atoms with van der Waals surface area (Å²) in [7, 11) is 0. The predicted octanol–water partition coefficient (Wildman–Crippen LogP) is 2.32. The summed E-state index contributed by atoms with van der Waals surface area (Å²) in [4.78, 5) is 14.0. The van der Waals surface area contributed by atoms with Crippen LogP contribution in [0.1, 0.15) is 0 Å². The Hall–Kier alpha value is -2.69. The van der Waals surface area contributed by atoms with Crippen LogP contribution in [0.5, 0.6) is 0 Å². The number of aromatic nitrogens is 1. The number of nitrogens with one attached hydrogen (secondary N) is 3. The third-order valence-electron chi connectivity index (χ3n) is 2.86. The Morgan fingerprint density at radius 2 is 1.83 bits per heavy atom. The van der Waals surface area contributed by atoms with Crippen LogP contribution >= 0.6 is 0 Å². The van der Waals surface area contributed by atoms with Crippen molar-refractivity contribution in [3.63, 3.8) is 0 Å². The van der Waals surface area contributed by atoms with Gasteiger partial charge in [0.1, 0.15) is 0 Å². The van der Waals surface area contributed by atoms with Crippen LogP contribution in [-0.2, 0) is 0 Å². The summed E-state index contributed by atoms with van der Waals surface area (Å²) in [5, 5.41) is 2.25. The van der Waals surface area contributed by atoms with Gasteiger partial charge in [-0.3, -0.25) is 10.9 Å². The van der Waals surface area contributed by atoms with Crippen molar-refractivity contribution in [3.05, 3.63) is 42.5 Å². The number of amides is 2. The summed E-state index contributed by atoms with van der Waals surface area (Å²) in [6.45, 7) is 0. The van der Waals surface area contributed by atoms with Gasteiger partial charge in [-0.2, -0.15) is 0 Å². The van der Waals surface area contributed by atoms with Gasteiger partial charge in [0.25, 0.3) is 0 Å². The number of para-hydroxylation sites is 2. The molecule has 0 bridgehead atoms. The first-order valence-electron chi connectivity index (χ1n) is 5.56. The van der Waals surface area contributed by atoms with E-state index >= 15 is 0 Å². The summed E-state index contributed by atoms with van der Waals surface area (Å²) in [5.74, 6) is 0. The number of primary amides is 1. The smallest absolute Gasteiger partial charge is 0.330 e. The van der Waals surface area contributed by atoms with Crippen LogP contribution in [-0.4, -0.2) is 11.0 Å². The highest BCUT2D eigenvalue weighted by Gasteiger charge is 2.07. The van der Waals surface area contributed by atoms with Crippen molar-refractivity contribution < 1.29 is 4.79 Å². The monoisotopic (exact) mass is 240 g/mol. The van der Waals surface area contributed by atoms with E-state index in [1.807, 2.05) is 36.4 Å². The van der Waals surface area contributed by atoms with Crippen molar-refractivity contribution in [2.45, 2.75) is 0 Å². The maximum Gasteiger partial charge on any atom is 0.330 e. The number of rotatable bonds is 2. The highest BCUT2D eigenvalue weighted by Crippen LogP contribution is 2.29. The number of carbonyl (C=O) groups is 1. The molecule has 1 aromatic heterocycles. The first-order chi connectivity index (χ1) is 8.75. The molecule has 2 aromatic carbocycles. The highest BCUT2D eigenvalue weighted by molar-refractivity contribution is 6.11. The second-order valence-electron chi connectivity index (χ2n) is 4.01. The van der Waals surface area contributed by atoms with Crippen LogP contribution in [0.15, 0.2) is 42.5 Å². The van der Waals surface area contributed by atoms with Crippen molar-refractivity contribution >= 4 is 33.5 Å². The fourth-order valence-corrected chi connectivity index (χ4v) is 2.11. The lowest BCUT2D eigenvalue weighted by molar-refractivity contribution is 0.250. The number of fused-ring (bicyclic) bond motifs is 3. The lowest BCUT2D eigenvalue weighted by Crippen LogP contribution is -2.34. The van der Waals surface area contributed by atoms with Crippen molar-refractivity contribution in [1.82, 2.24) is 10.4 Å². The number of aromatic amines is 1. The molecule has 5 heteroatoms. The molecule has 5 nitrogen and oxygen atoms in total. The van der Waals surface area contributed by atoms with E-state index in [4.69, 9.17) is 5.73 Å². The summed E-state index contributed by atoms with van der Waals surface area (Å²) < 4.78 is 0. The third kappa shape index (κ3) is 1.62. The molecule has 0 aliphatic rings. The zero-order chi connectivity index (χ0) is 12.5. The number of anilines is 1. The number of benzene rings is 2. The molecule has 0 spiro atoms. The van der Waals surface area contributed by atoms with Crippen LogP contribution in [0.25, 0.3) is 21.8 Å². The minimum absolute atomic E-state index is 0.622. The first kappa shape index (κ1) is 10.5. The zero-order valence-corrected chi connectivity index (χ0v) is 9.53. The van der Waals surface area contributed by atoms with E-state index in [-0.39, 0.29) is 0 Å². The van der Waals surface area contributed by atoms with E-state index in [9.17, 15) is 4.79 Å². The molecule has 0 saturated carbocycles. The fourth-order valence-electron chi connectivity index (χ4n) is 2.11. The van der Waals surface area contributed by atoms with Gasteiger partial charge in [0.05, 0.1) is 11.2 Å². The quantitative estimate of drug-likeness (QED) is 0.518. The van der Waals surface area contributed by atoms with Crippen molar-refractivity contribution in [1.29, 1.82) is 0 Å². The Kier molecular flexibility index (Phi) is 2.30. The predicted molar refractivity (Wildman–Crippen MR) is 72.1 cm³/mol. The summed E-state index contributed by atoms with van der Waals surface area (Å²) in [6, 6.07) is 13.2. The summed E-state index contributed by atoms with van der Waals surface area (Å²) in [5.41, 5.74) is 13.0. The lowest BCUT2D eigenvalue weighted by Gasteiger charge is -2.06. The molecular weight excluding hydrogens is 228 g/mol. The summed E-state index contributed by atoms with van der Waals surface area (Å²) >= 11 is 0. The molecule has 0 radical (unpaired) electrons. The van der Waals surface area contributed by atoms with Crippen LogP contribution in [0, 0.1) is 0 Å². The van der Waals surface area contributed by atoms with E-state index < -0.39 is 6.03 Å². The molecule has 2 amide bonds. The second kappa shape index (κ2) is 3.96. The number of nitrogens with two attached hydrogens (primary N) is 1. The molecule has 5 N–H and O–H groups in total. The maximum atomic E-state index is 10.7. The standard InChI is InChI=1S/C13H12N4O/c14-13(18)17-16-11-7-3-5-9-8-4-1-2-6-10(8)15-12(9)11/h1-7,15-16H,(H3,14,17,18). The molecule has 0 unspecified atom stereocenters. The molecule has 1 heterocycles. The minimum atomic E-state index is -0.622. The largest absolute Gasteiger partial charge is 0.353 e. The Bertz CT molecular complexity index is 732. The Balaban J connectivity index is 2.18. The van der Waals surface area contributed by atoms with Crippen molar-refractivity contribution in [2.75, 3.05) is 5.43 Å². The zero-order valence-electron chi connectivity index (χ0n) is 9.53. The molecule has 90 valence electrons. The fraction of sp³-hybridized carbons (Fsp3) is 0. The van der Waals surface area contributed by atoms with Crippen LogP contribution in [0.2, 0.25) is 0 Å². The Morgan fingerprint density at radius 3 is 2.67 bits per heavy atom. The number of hydrogen-bond donors (Lipinski definition) is 4. The third-order valence-corrected chi connectivity index (χ3v) is 2.86. The van der Waals surface area contributed by atoms with Gasteiger partial charge in [-0.1, -0.05) is 30.3 Å². The molecule has 0 aliphatic heterocycles. The summed E-state index contributed by atoms with van der Waals surface area (Å²) in [6.07, 6.45) is 0. The number of hydrazine groups is 1. The Morgan fingerprint density at radius 1 is 1.06 bits per heavy atom. The van der Waals surface area contributed by atoms with Gasteiger partial charge in [-0.25, -0.2) is 4.79 Å². The van der Waals surface area contributed by atoms with Gasteiger partial charge in [0.2, 0.25) is 0 Å². The molecule has 0 aliphatic carbocycles. The lowest BCUT2D eigenvalue weighted by atomic mass is 10.1. The van der Waals surface area contributed by atoms with Crippen molar-refractivity contribution in [3.8, 4) is 0 Å². The number of H-pyrrole nitrogens is 1. The van der Waals surface area contributed by atoms with Crippen LogP contribution in [0.4, 0.5) is 10.5 Å². The van der Waals surface area contributed by atoms with E-state index in [1.54, 1.807) is 0 Å². The van der Waals surface area contributed by atoms with Gasteiger partial charge < -0.3 is 10.7 Å². The van der Waals surface area contributed by atoms with Crippen LogP contribution in [0.3, 0.4) is 0 Å². The molecule has 0 atom stereocenters. The van der Waals surface area contributed by atoms with E-state index in [1.165, 1.54) is 0 Å². The van der Waals surface area contributed by atoms with Crippen LogP contribution < -0.4 is 16.6 Å². The molecule has 3 aromatic rings. The Labute approximate surface area is 103 Å². The highest BCUT2D eigenvalue weighted by atomic mass is 16.2. The molecular formula is C13H12N4O. The maximum absolute atomic E-state index is 10.7. The van der Waals surface area contributed by atoms with Gasteiger partial charge >= 0.3 is 6.03 Å². The normalized spacial score (nSPS) is 10.7. The average molecular weight is 240 g/mol. The van der Waals surface area contributed by atoms with E-state index in [0.717, 1.165) is 27.5 Å². The number of urea groups is 1. The average Bonchev–Trinajstić information content (AvgIpc) is 2.75. The molecule has 0 saturated heterocycles. The number of carbonyl (C=O) groups excluding carboxylic acids is 1. The minimum Gasteiger partial charge on any atom is -0.353 e. The molecule has 18 heavy (non-hydrogen) atoms. The van der Waals surface area contributed by atoms with E-state index in [0.29, 0.717) is 0 Å². The van der Waals surface area contributed by atoms with E-state index in [2.05, 4.69) is 21.9 Å².